The molecule has 21 heavy (non-hydrogen) atoms. The topological polar surface area (TPSA) is 47.6 Å². The molecule has 1 N–H and O–H groups in total. The number of hydrogen-bond donors (Lipinski definition) is 1. The van der Waals surface area contributed by atoms with Crippen LogP contribution in [0.25, 0.3) is 0 Å². The molecule has 0 spiro atoms. The Hall–Kier alpha value is -2.22. The van der Waals surface area contributed by atoms with E-state index in [1.807, 2.05) is 6.92 Å². The number of alkyl halides is 1. The van der Waals surface area contributed by atoms with Gasteiger partial charge in [-0.2, -0.15) is 0 Å². The summed E-state index contributed by atoms with van der Waals surface area (Å²) in [5.74, 6) is 2.76. The number of ether oxygens (including phenoxy) is 2. The van der Waals surface area contributed by atoms with Crippen LogP contribution < -0.4 is 14.8 Å². The normalized spacial score (nSPS) is 11.3. The van der Waals surface area contributed by atoms with Gasteiger partial charge in [-0.15, -0.1) is 6.42 Å². The zero-order valence-electron chi connectivity index (χ0n) is 12.3. The Morgan fingerprint density at radius 1 is 1.38 bits per heavy atom. The van der Waals surface area contributed by atoms with Gasteiger partial charge in [0.15, 0.2) is 17.7 Å². The lowest BCUT2D eigenvalue weighted by Gasteiger charge is -2.13. The van der Waals surface area contributed by atoms with Crippen molar-refractivity contribution in [3.8, 4) is 23.8 Å². The number of hydrogen-bond acceptors (Lipinski definition) is 3. The van der Waals surface area contributed by atoms with E-state index in [0.717, 1.165) is 0 Å². The highest BCUT2D eigenvalue weighted by Gasteiger charge is 2.18. The number of amides is 1. The molecule has 1 unspecified atom stereocenters. The summed E-state index contributed by atoms with van der Waals surface area (Å²) in [6, 6.07) is 5.03. The first-order valence-electron chi connectivity index (χ1n) is 6.86. The molecule has 1 atom stereocenters. The van der Waals surface area contributed by atoms with Gasteiger partial charge in [-0.1, -0.05) is 12.0 Å². The maximum atomic E-state index is 13.8. The highest BCUT2D eigenvalue weighted by atomic mass is 19.1. The first-order valence-corrected chi connectivity index (χ1v) is 6.86. The Kier molecular flexibility index (Phi) is 7.10. The Bertz CT molecular complexity index is 511. The van der Waals surface area contributed by atoms with E-state index >= 15 is 0 Å². The molecular formula is C16H20FNO3. The first kappa shape index (κ1) is 16.8. The number of halogens is 1. The fourth-order valence-electron chi connectivity index (χ4n) is 1.77. The summed E-state index contributed by atoms with van der Waals surface area (Å²) in [5.41, 5.74) is 0.658. The number of nitrogens with one attached hydrogen (secondary N) is 1. The molecule has 0 bridgehead atoms. The van der Waals surface area contributed by atoms with Crippen molar-refractivity contribution in [1.29, 1.82) is 0 Å². The fourth-order valence-corrected chi connectivity index (χ4v) is 1.77. The summed E-state index contributed by atoms with van der Waals surface area (Å²) in [4.78, 5) is 11.4. The minimum Gasteiger partial charge on any atom is -0.490 e. The highest BCUT2D eigenvalue weighted by molar-refractivity contribution is 5.80. The quantitative estimate of drug-likeness (QED) is 0.747. The predicted octanol–water partition coefficient (Wildman–Crippen LogP) is 2.11. The molecule has 0 saturated carbocycles. The van der Waals surface area contributed by atoms with Crippen LogP contribution >= 0.6 is 0 Å². The monoisotopic (exact) mass is 293 g/mol. The van der Waals surface area contributed by atoms with Crippen LogP contribution in [0.5, 0.6) is 11.5 Å². The summed E-state index contributed by atoms with van der Waals surface area (Å²) in [6.07, 6.45) is 3.55. The molecule has 1 aromatic rings. The van der Waals surface area contributed by atoms with Crippen molar-refractivity contribution in [2.75, 3.05) is 19.8 Å². The van der Waals surface area contributed by atoms with Gasteiger partial charge in [0, 0.05) is 13.0 Å². The average Bonchev–Trinajstić information content (AvgIpc) is 2.47. The lowest BCUT2D eigenvalue weighted by Crippen LogP contribution is -2.32. The second-order valence-corrected chi connectivity index (χ2v) is 4.27. The van der Waals surface area contributed by atoms with E-state index in [1.54, 1.807) is 25.1 Å². The van der Waals surface area contributed by atoms with Gasteiger partial charge in [0.25, 0.3) is 5.91 Å². The number of carbonyl (C=O) groups excluding carboxylic acids is 1. The minimum absolute atomic E-state index is 0.0126. The SMILES string of the molecule is C#CCOc1ccc(CC(F)C(=O)NCC)cc1OCC. The number of terminal acetylenes is 1. The molecule has 114 valence electrons. The number of rotatable bonds is 8. The van der Waals surface area contributed by atoms with Crippen LogP contribution in [0.3, 0.4) is 0 Å². The predicted molar refractivity (Wildman–Crippen MR) is 79.2 cm³/mol. The third kappa shape index (κ3) is 5.35. The van der Waals surface area contributed by atoms with Crippen LogP contribution in [0.4, 0.5) is 4.39 Å². The largest absolute Gasteiger partial charge is 0.490 e. The summed E-state index contributed by atoms with van der Waals surface area (Å²) < 4.78 is 24.6. The molecule has 0 saturated heterocycles. The smallest absolute Gasteiger partial charge is 0.254 e. The van der Waals surface area contributed by atoms with Gasteiger partial charge in [-0.05, 0) is 31.5 Å². The van der Waals surface area contributed by atoms with E-state index in [1.165, 1.54) is 0 Å². The lowest BCUT2D eigenvalue weighted by molar-refractivity contribution is -0.125. The van der Waals surface area contributed by atoms with E-state index in [-0.39, 0.29) is 13.0 Å². The van der Waals surface area contributed by atoms with E-state index in [0.29, 0.717) is 30.2 Å². The molecule has 1 aromatic carbocycles. The fraction of sp³-hybridized carbons (Fsp3) is 0.438. The first-order chi connectivity index (χ1) is 10.1. The third-order valence-corrected chi connectivity index (χ3v) is 2.67. The molecule has 4 nitrogen and oxygen atoms in total. The van der Waals surface area contributed by atoms with Gasteiger partial charge >= 0.3 is 0 Å². The van der Waals surface area contributed by atoms with Crippen molar-refractivity contribution in [2.24, 2.45) is 0 Å². The second-order valence-electron chi connectivity index (χ2n) is 4.27. The van der Waals surface area contributed by atoms with Crippen molar-refractivity contribution in [3.05, 3.63) is 23.8 Å². The van der Waals surface area contributed by atoms with Gasteiger partial charge in [0.05, 0.1) is 6.61 Å². The molecular weight excluding hydrogens is 273 g/mol. The molecule has 0 radical (unpaired) electrons. The molecule has 0 fully saturated rings. The van der Waals surface area contributed by atoms with Gasteiger partial charge in [-0.3, -0.25) is 4.79 Å². The van der Waals surface area contributed by atoms with Gasteiger partial charge < -0.3 is 14.8 Å². The van der Waals surface area contributed by atoms with Crippen LogP contribution in [-0.4, -0.2) is 31.8 Å². The molecule has 0 aliphatic heterocycles. The number of carbonyl (C=O) groups is 1. The van der Waals surface area contributed by atoms with E-state index in [4.69, 9.17) is 15.9 Å². The Labute approximate surface area is 124 Å². The maximum Gasteiger partial charge on any atom is 0.254 e. The maximum absolute atomic E-state index is 13.8. The van der Waals surface area contributed by atoms with E-state index in [2.05, 4.69) is 11.2 Å². The summed E-state index contributed by atoms with van der Waals surface area (Å²) >= 11 is 0. The zero-order valence-corrected chi connectivity index (χ0v) is 12.3. The molecule has 0 aliphatic carbocycles. The van der Waals surface area contributed by atoms with E-state index in [9.17, 15) is 9.18 Å². The van der Waals surface area contributed by atoms with Crippen molar-refractivity contribution in [2.45, 2.75) is 26.4 Å². The van der Waals surface area contributed by atoms with Crippen molar-refractivity contribution in [1.82, 2.24) is 5.32 Å². The van der Waals surface area contributed by atoms with Gasteiger partial charge in [-0.25, -0.2) is 4.39 Å². The van der Waals surface area contributed by atoms with Crippen LogP contribution in [0.1, 0.15) is 19.4 Å². The van der Waals surface area contributed by atoms with Gasteiger partial charge in [0.1, 0.15) is 6.61 Å². The standard InChI is InChI=1S/C16H20FNO3/c1-4-9-21-14-8-7-12(11-15(14)20-6-3)10-13(17)16(19)18-5-2/h1,7-8,11,13H,5-6,9-10H2,2-3H3,(H,18,19). The second kappa shape index (κ2) is 8.85. The molecule has 0 aromatic heterocycles. The summed E-state index contributed by atoms with van der Waals surface area (Å²) in [7, 11) is 0. The Morgan fingerprint density at radius 2 is 2.14 bits per heavy atom. The van der Waals surface area contributed by atoms with E-state index < -0.39 is 12.1 Å². The molecule has 1 amide bonds. The Balaban J connectivity index is 2.82. The molecule has 1 rings (SSSR count). The summed E-state index contributed by atoms with van der Waals surface area (Å²) in [5, 5.41) is 2.45. The third-order valence-electron chi connectivity index (χ3n) is 2.67. The lowest BCUT2D eigenvalue weighted by atomic mass is 10.1. The van der Waals surface area contributed by atoms with Crippen molar-refractivity contribution < 1.29 is 18.7 Å². The molecule has 0 heterocycles. The summed E-state index contributed by atoms with van der Waals surface area (Å²) in [6.45, 7) is 4.57. The van der Waals surface area contributed by atoms with Crippen LogP contribution in [0.2, 0.25) is 0 Å². The molecule has 0 aliphatic rings. The minimum atomic E-state index is -1.59. The highest BCUT2D eigenvalue weighted by Crippen LogP contribution is 2.29. The van der Waals surface area contributed by atoms with Crippen LogP contribution in [-0.2, 0) is 11.2 Å². The van der Waals surface area contributed by atoms with Crippen LogP contribution in [0.15, 0.2) is 18.2 Å². The molecule has 5 heteroatoms. The van der Waals surface area contributed by atoms with Crippen molar-refractivity contribution in [3.63, 3.8) is 0 Å². The average molecular weight is 293 g/mol. The Morgan fingerprint density at radius 3 is 2.76 bits per heavy atom. The van der Waals surface area contributed by atoms with Crippen LogP contribution in [0, 0.1) is 12.3 Å². The van der Waals surface area contributed by atoms with Crippen molar-refractivity contribution >= 4 is 5.91 Å². The zero-order chi connectivity index (χ0) is 15.7. The van der Waals surface area contributed by atoms with Gasteiger partial charge in [0.2, 0.25) is 0 Å². The number of benzene rings is 1.